The van der Waals surface area contributed by atoms with Gasteiger partial charge >= 0.3 is 5.97 Å². The summed E-state index contributed by atoms with van der Waals surface area (Å²) >= 11 is 2.79. The number of hydrogen-bond acceptors (Lipinski definition) is 7. The lowest BCUT2D eigenvalue weighted by atomic mass is 10.2. The zero-order valence-electron chi connectivity index (χ0n) is 18.3. The maximum absolute atomic E-state index is 13.4. The van der Waals surface area contributed by atoms with Gasteiger partial charge in [0.05, 0.1) is 23.8 Å². The van der Waals surface area contributed by atoms with Gasteiger partial charge in [-0.05, 0) is 50.5 Å². The average molecular weight is 472 g/mol. The number of nitrogens with one attached hydrogen (secondary N) is 1. The largest absolute Gasteiger partial charge is 0.465 e. The van der Waals surface area contributed by atoms with Crippen molar-refractivity contribution in [3.63, 3.8) is 0 Å². The summed E-state index contributed by atoms with van der Waals surface area (Å²) in [7, 11) is 1.31. The molecule has 1 N–H and O–H groups in total. The maximum Gasteiger partial charge on any atom is 0.337 e. The van der Waals surface area contributed by atoms with E-state index in [1.165, 1.54) is 30.2 Å². The smallest absolute Gasteiger partial charge is 0.337 e. The number of aryl methyl sites for hydroxylation is 2. The molecule has 168 valence electrons. The molecule has 1 amide bonds. The number of carbonyl (C=O) groups is 2. The third kappa shape index (κ3) is 4.45. The van der Waals surface area contributed by atoms with Crippen LogP contribution in [0.1, 0.15) is 52.5 Å². The summed E-state index contributed by atoms with van der Waals surface area (Å²) < 4.78 is 6.53. The van der Waals surface area contributed by atoms with Crippen LogP contribution in [-0.2, 0) is 9.53 Å². The summed E-state index contributed by atoms with van der Waals surface area (Å²) in [5.74, 6) is -0.589. The van der Waals surface area contributed by atoms with Crippen LogP contribution in [0, 0.1) is 13.8 Å². The Kier molecular flexibility index (Phi) is 6.66. The van der Waals surface area contributed by atoms with Gasteiger partial charge < -0.3 is 10.1 Å². The molecule has 0 spiro atoms. The molecular weight excluding hydrogens is 446 g/mol. The van der Waals surface area contributed by atoms with Crippen molar-refractivity contribution in [2.24, 2.45) is 0 Å². The Balaban J connectivity index is 1.57. The molecule has 2 aromatic heterocycles. The van der Waals surface area contributed by atoms with Crippen LogP contribution in [0.25, 0.3) is 10.2 Å². The topological polar surface area (TPSA) is 90.3 Å². The van der Waals surface area contributed by atoms with E-state index in [0.717, 1.165) is 41.0 Å². The van der Waals surface area contributed by atoms with Gasteiger partial charge in [0.25, 0.3) is 5.56 Å². The number of anilines is 1. The summed E-state index contributed by atoms with van der Waals surface area (Å²) in [5, 5.41) is 4.10. The van der Waals surface area contributed by atoms with Gasteiger partial charge in [-0.1, -0.05) is 30.7 Å². The molecule has 1 saturated carbocycles. The van der Waals surface area contributed by atoms with Crippen LogP contribution in [0.4, 0.5) is 5.69 Å². The number of benzene rings is 1. The summed E-state index contributed by atoms with van der Waals surface area (Å²) in [6.07, 6.45) is 4.10. The number of nitrogens with zero attached hydrogens (tertiary/aromatic N) is 2. The second-order valence-corrected chi connectivity index (χ2v) is 10.0. The molecule has 0 unspecified atom stereocenters. The Hall–Kier alpha value is -2.65. The fraction of sp³-hybridized carbons (Fsp3) is 0.391. The predicted molar refractivity (Wildman–Crippen MR) is 128 cm³/mol. The number of ether oxygens (including phenoxy) is 1. The minimum absolute atomic E-state index is 0.00237. The number of amides is 1. The van der Waals surface area contributed by atoms with Crippen molar-refractivity contribution in [3.8, 4) is 0 Å². The Labute approximate surface area is 194 Å². The van der Waals surface area contributed by atoms with E-state index in [1.54, 1.807) is 24.3 Å². The average Bonchev–Trinajstić information content (AvgIpc) is 3.40. The van der Waals surface area contributed by atoms with Gasteiger partial charge in [0, 0.05) is 16.6 Å². The van der Waals surface area contributed by atoms with Crippen molar-refractivity contribution < 1.29 is 14.3 Å². The van der Waals surface area contributed by atoms with Gasteiger partial charge in [-0.3, -0.25) is 14.2 Å². The normalized spacial score (nSPS) is 14.1. The number of rotatable bonds is 6. The molecule has 7 nitrogen and oxygen atoms in total. The molecule has 2 heterocycles. The number of thiophene rings is 1. The molecule has 0 aliphatic heterocycles. The third-order valence-electron chi connectivity index (χ3n) is 5.79. The van der Waals surface area contributed by atoms with E-state index < -0.39 is 5.97 Å². The van der Waals surface area contributed by atoms with Crippen molar-refractivity contribution >= 4 is 50.9 Å². The number of thioether (sulfide) groups is 1. The summed E-state index contributed by atoms with van der Waals surface area (Å²) in [6, 6.07) is 6.72. The van der Waals surface area contributed by atoms with Gasteiger partial charge in [0.15, 0.2) is 5.16 Å². The van der Waals surface area contributed by atoms with E-state index in [9.17, 15) is 14.4 Å². The highest BCUT2D eigenvalue weighted by atomic mass is 32.2. The molecule has 32 heavy (non-hydrogen) atoms. The van der Waals surface area contributed by atoms with Crippen LogP contribution in [0.3, 0.4) is 0 Å². The van der Waals surface area contributed by atoms with Crippen LogP contribution >= 0.6 is 23.1 Å². The van der Waals surface area contributed by atoms with E-state index >= 15 is 0 Å². The lowest BCUT2D eigenvalue weighted by molar-refractivity contribution is -0.113. The van der Waals surface area contributed by atoms with E-state index in [0.29, 0.717) is 21.8 Å². The second kappa shape index (κ2) is 9.46. The first-order valence-corrected chi connectivity index (χ1v) is 12.3. The zero-order valence-corrected chi connectivity index (χ0v) is 19.9. The molecule has 0 saturated heterocycles. The van der Waals surface area contributed by atoms with Crippen LogP contribution in [-0.4, -0.2) is 34.3 Å². The molecule has 0 radical (unpaired) electrons. The van der Waals surface area contributed by atoms with Crippen molar-refractivity contribution in [2.75, 3.05) is 18.2 Å². The first-order chi connectivity index (χ1) is 15.4. The zero-order chi connectivity index (χ0) is 22.8. The number of aromatic nitrogens is 2. The lowest BCUT2D eigenvalue weighted by Gasteiger charge is -2.18. The quantitative estimate of drug-likeness (QED) is 0.318. The fourth-order valence-electron chi connectivity index (χ4n) is 4.04. The molecule has 3 aromatic rings. The van der Waals surface area contributed by atoms with E-state index in [4.69, 9.17) is 9.72 Å². The summed E-state index contributed by atoms with van der Waals surface area (Å²) in [5.41, 5.74) is 1.87. The van der Waals surface area contributed by atoms with Gasteiger partial charge in [-0.25, -0.2) is 9.78 Å². The van der Waals surface area contributed by atoms with Crippen LogP contribution in [0.15, 0.2) is 34.2 Å². The second-order valence-electron chi connectivity index (χ2n) is 7.88. The number of hydrogen-bond donors (Lipinski definition) is 1. The van der Waals surface area contributed by atoms with Crippen LogP contribution < -0.4 is 10.9 Å². The van der Waals surface area contributed by atoms with Gasteiger partial charge in [-0.2, -0.15) is 0 Å². The van der Waals surface area contributed by atoms with Gasteiger partial charge in [0.1, 0.15) is 4.83 Å². The molecule has 0 bridgehead atoms. The SMILES string of the molecule is COC(=O)c1cccc(NC(=O)CSc2nc3sc(C)c(C)c3c(=O)n2C2CCCC2)c1. The third-order valence-corrected chi connectivity index (χ3v) is 7.85. The minimum Gasteiger partial charge on any atom is -0.465 e. The minimum atomic E-state index is -0.463. The standard InChI is InChI=1S/C23H25N3O4S2/c1-13-14(2)32-20-19(13)21(28)26(17-9-4-5-10-17)23(25-20)31-12-18(27)24-16-8-6-7-15(11-16)22(29)30-3/h6-8,11,17H,4-5,9-10,12H2,1-3H3,(H,24,27). The number of methoxy groups -OCH3 is 1. The first kappa shape index (κ1) is 22.5. The number of esters is 1. The van der Waals surface area contributed by atoms with Crippen molar-refractivity contribution in [3.05, 3.63) is 50.6 Å². The van der Waals surface area contributed by atoms with Crippen molar-refractivity contribution in [1.82, 2.24) is 9.55 Å². The predicted octanol–water partition coefficient (Wildman–Crippen LogP) is 4.71. The highest BCUT2D eigenvalue weighted by molar-refractivity contribution is 7.99. The molecule has 1 fully saturated rings. The molecule has 1 aliphatic carbocycles. The van der Waals surface area contributed by atoms with Crippen LogP contribution in [0.2, 0.25) is 0 Å². The molecular formula is C23H25N3O4S2. The summed E-state index contributed by atoms with van der Waals surface area (Å²) in [6.45, 7) is 3.97. The Morgan fingerprint density at radius 3 is 2.75 bits per heavy atom. The Morgan fingerprint density at radius 2 is 2.03 bits per heavy atom. The molecule has 1 aromatic carbocycles. The molecule has 1 aliphatic rings. The number of carbonyl (C=O) groups excluding carboxylic acids is 2. The van der Waals surface area contributed by atoms with Crippen LogP contribution in [0.5, 0.6) is 0 Å². The summed E-state index contributed by atoms with van der Waals surface area (Å²) in [4.78, 5) is 44.3. The molecule has 4 rings (SSSR count). The van der Waals surface area contributed by atoms with E-state index in [2.05, 4.69) is 5.32 Å². The maximum atomic E-state index is 13.4. The first-order valence-electron chi connectivity index (χ1n) is 10.5. The van der Waals surface area contributed by atoms with Crippen molar-refractivity contribution in [1.29, 1.82) is 0 Å². The highest BCUT2D eigenvalue weighted by Gasteiger charge is 2.25. The number of fused-ring (bicyclic) bond motifs is 1. The fourth-order valence-corrected chi connectivity index (χ4v) is 5.98. The molecule has 0 atom stereocenters. The van der Waals surface area contributed by atoms with E-state index in [-0.39, 0.29) is 23.3 Å². The Morgan fingerprint density at radius 1 is 1.28 bits per heavy atom. The Bertz CT molecular complexity index is 1240. The van der Waals surface area contributed by atoms with Crippen molar-refractivity contribution in [2.45, 2.75) is 50.7 Å². The van der Waals surface area contributed by atoms with E-state index in [1.807, 2.05) is 18.4 Å². The molecule has 9 heteroatoms. The lowest BCUT2D eigenvalue weighted by Crippen LogP contribution is -2.27. The highest BCUT2D eigenvalue weighted by Crippen LogP contribution is 2.34. The van der Waals surface area contributed by atoms with Gasteiger partial charge in [-0.15, -0.1) is 11.3 Å². The monoisotopic (exact) mass is 471 g/mol. The van der Waals surface area contributed by atoms with Gasteiger partial charge in [0.2, 0.25) is 5.91 Å².